The van der Waals surface area contributed by atoms with Crippen molar-refractivity contribution in [3.63, 3.8) is 0 Å². The maximum Gasteiger partial charge on any atom is 0.277 e. The average Bonchev–Trinajstić information content (AvgIpc) is 2.72. The van der Waals surface area contributed by atoms with Crippen LogP contribution in [-0.4, -0.2) is 41.1 Å². The summed E-state index contributed by atoms with van der Waals surface area (Å²) in [6.07, 6.45) is 1.09. The van der Waals surface area contributed by atoms with Crippen LogP contribution in [0, 0.1) is 0 Å². The number of carbonyl (C=O) groups is 2. The number of carbonyl (C=O) groups excluding carboxylic acids is 2. The number of nitrogens with zero attached hydrogens (tertiary/aromatic N) is 1. The molecule has 1 aliphatic heterocycles. The molecule has 0 saturated heterocycles. The summed E-state index contributed by atoms with van der Waals surface area (Å²) in [6.45, 7) is 3.36. The van der Waals surface area contributed by atoms with E-state index in [9.17, 15) is 9.59 Å². The fraction of sp³-hybridized carbons (Fsp3) is 0.333. The van der Waals surface area contributed by atoms with Gasteiger partial charge in [-0.05, 0) is 19.9 Å². The van der Waals surface area contributed by atoms with Crippen LogP contribution in [0.4, 0.5) is 5.69 Å². The zero-order chi connectivity index (χ0) is 17.1. The molecule has 2 amide bonds. The molecule has 0 unspecified atom stereocenters. The predicted molar refractivity (Wildman–Crippen MR) is 87.7 cm³/mol. The van der Waals surface area contributed by atoms with Gasteiger partial charge < -0.3 is 15.2 Å². The molecule has 0 saturated carbocycles. The van der Waals surface area contributed by atoms with Gasteiger partial charge in [-0.2, -0.15) is 0 Å². The molecule has 0 aliphatic carbocycles. The highest BCUT2D eigenvalue weighted by Gasteiger charge is 2.31. The highest BCUT2D eigenvalue weighted by atomic mass is 35.5. The number of benzene rings is 1. The Morgan fingerprint density at radius 1 is 1.26 bits per heavy atom. The summed E-state index contributed by atoms with van der Waals surface area (Å²) in [5.74, 6) is -0.589. The fourth-order valence-electron chi connectivity index (χ4n) is 2.02. The Bertz CT molecular complexity index is 674. The van der Waals surface area contributed by atoms with Crippen LogP contribution in [0.5, 0.6) is 5.75 Å². The first-order valence-electron chi connectivity index (χ1n) is 6.94. The van der Waals surface area contributed by atoms with Gasteiger partial charge in [0.1, 0.15) is 11.4 Å². The van der Waals surface area contributed by atoms with E-state index in [2.05, 4.69) is 5.32 Å². The van der Waals surface area contributed by atoms with Crippen molar-refractivity contribution in [2.45, 2.75) is 20.0 Å². The number of aliphatic hydroxyl groups is 1. The molecule has 0 spiro atoms. The standard InChI is InChI=1S/C15H16Cl2N2O4/c1-8(2)23-13-6-9(16)11(5-10(13)17)18-12-7-14(21)19(3-4-20)15(12)22/h5-8,18,20H,3-4H2,1-2H3. The Kier molecular flexibility index (Phi) is 5.51. The van der Waals surface area contributed by atoms with Gasteiger partial charge in [0.05, 0.1) is 35.0 Å². The van der Waals surface area contributed by atoms with Gasteiger partial charge in [-0.25, -0.2) is 0 Å². The van der Waals surface area contributed by atoms with Crippen molar-refractivity contribution in [2.24, 2.45) is 0 Å². The van der Waals surface area contributed by atoms with Crippen LogP contribution >= 0.6 is 23.2 Å². The van der Waals surface area contributed by atoms with Crippen LogP contribution in [0.25, 0.3) is 0 Å². The topological polar surface area (TPSA) is 78.9 Å². The third-order valence-corrected chi connectivity index (χ3v) is 3.59. The van der Waals surface area contributed by atoms with E-state index in [1.54, 1.807) is 6.07 Å². The number of aliphatic hydroxyl groups excluding tert-OH is 1. The van der Waals surface area contributed by atoms with Crippen molar-refractivity contribution in [1.29, 1.82) is 0 Å². The molecule has 0 fully saturated rings. The maximum absolute atomic E-state index is 12.1. The van der Waals surface area contributed by atoms with Gasteiger partial charge in [-0.15, -0.1) is 0 Å². The first-order chi connectivity index (χ1) is 10.8. The minimum absolute atomic E-state index is 0.0605. The molecule has 8 heteroatoms. The first-order valence-corrected chi connectivity index (χ1v) is 7.70. The fourth-order valence-corrected chi connectivity index (χ4v) is 2.43. The summed E-state index contributed by atoms with van der Waals surface area (Å²) in [7, 11) is 0. The molecule has 0 bridgehead atoms. The lowest BCUT2D eigenvalue weighted by Crippen LogP contribution is -2.34. The number of imide groups is 1. The Morgan fingerprint density at radius 2 is 1.96 bits per heavy atom. The molecular formula is C15H16Cl2N2O4. The SMILES string of the molecule is CC(C)Oc1cc(Cl)c(NC2=CC(=O)N(CCO)C2=O)cc1Cl. The van der Waals surface area contributed by atoms with Crippen LogP contribution in [0.3, 0.4) is 0 Å². The predicted octanol–water partition coefficient (Wildman–Crippen LogP) is 2.44. The third kappa shape index (κ3) is 3.96. The second-order valence-electron chi connectivity index (χ2n) is 5.13. The number of nitrogens with one attached hydrogen (secondary N) is 1. The van der Waals surface area contributed by atoms with Gasteiger partial charge >= 0.3 is 0 Å². The van der Waals surface area contributed by atoms with Crippen molar-refractivity contribution in [1.82, 2.24) is 4.90 Å². The zero-order valence-electron chi connectivity index (χ0n) is 12.6. The van der Waals surface area contributed by atoms with Crippen LogP contribution in [-0.2, 0) is 9.59 Å². The number of amides is 2. The largest absolute Gasteiger partial charge is 0.489 e. The summed E-state index contributed by atoms with van der Waals surface area (Å²) < 4.78 is 5.52. The molecular weight excluding hydrogens is 343 g/mol. The molecule has 6 nitrogen and oxygen atoms in total. The average molecular weight is 359 g/mol. The van der Waals surface area contributed by atoms with E-state index in [1.165, 1.54) is 6.07 Å². The summed E-state index contributed by atoms with van der Waals surface area (Å²) in [5.41, 5.74) is 0.449. The number of hydrogen-bond acceptors (Lipinski definition) is 5. The summed E-state index contributed by atoms with van der Waals surface area (Å²) >= 11 is 12.3. The molecule has 1 aliphatic rings. The molecule has 124 valence electrons. The molecule has 2 N–H and O–H groups in total. The number of β-amino-alcohol motifs (C(OH)–C–C–N with tert-alkyl or cyclic N) is 1. The van der Waals surface area contributed by atoms with Crippen LogP contribution in [0.15, 0.2) is 23.9 Å². The number of halogens is 2. The van der Waals surface area contributed by atoms with E-state index in [-0.39, 0.29) is 25.0 Å². The number of anilines is 1. The second-order valence-corrected chi connectivity index (χ2v) is 5.95. The normalized spacial score (nSPS) is 14.5. The number of rotatable bonds is 6. The second kappa shape index (κ2) is 7.21. The zero-order valence-corrected chi connectivity index (χ0v) is 14.1. The first kappa shape index (κ1) is 17.6. The van der Waals surface area contributed by atoms with Crippen molar-refractivity contribution in [2.75, 3.05) is 18.5 Å². The van der Waals surface area contributed by atoms with Gasteiger partial charge in [0, 0.05) is 12.1 Å². The summed E-state index contributed by atoms with van der Waals surface area (Å²) in [5, 5.41) is 12.3. The van der Waals surface area contributed by atoms with E-state index in [0.717, 1.165) is 11.0 Å². The molecule has 23 heavy (non-hydrogen) atoms. The van der Waals surface area contributed by atoms with E-state index >= 15 is 0 Å². The smallest absolute Gasteiger partial charge is 0.277 e. The van der Waals surface area contributed by atoms with Gasteiger partial charge in [0.25, 0.3) is 11.8 Å². The third-order valence-electron chi connectivity index (χ3n) is 2.99. The Morgan fingerprint density at radius 3 is 2.57 bits per heavy atom. The van der Waals surface area contributed by atoms with Crippen LogP contribution < -0.4 is 10.1 Å². The maximum atomic E-state index is 12.1. The van der Waals surface area contributed by atoms with Gasteiger partial charge in [-0.1, -0.05) is 23.2 Å². The molecule has 0 atom stereocenters. The van der Waals surface area contributed by atoms with Gasteiger partial charge in [0.15, 0.2) is 0 Å². The number of hydrogen-bond donors (Lipinski definition) is 2. The summed E-state index contributed by atoms with van der Waals surface area (Å²) in [4.78, 5) is 24.7. The van der Waals surface area contributed by atoms with Crippen LogP contribution in [0.1, 0.15) is 13.8 Å². The molecule has 1 heterocycles. The molecule has 0 aromatic heterocycles. The highest BCUT2D eigenvalue weighted by molar-refractivity contribution is 6.36. The highest BCUT2D eigenvalue weighted by Crippen LogP contribution is 2.35. The van der Waals surface area contributed by atoms with Gasteiger partial charge in [-0.3, -0.25) is 14.5 Å². The molecule has 1 aromatic rings. The quantitative estimate of drug-likeness (QED) is 0.763. The van der Waals surface area contributed by atoms with E-state index in [1.807, 2.05) is 13.8 Å². The lowest BCUT2D eigenvalue weighted by molar-refractivity contribution is -0.137. The van der Waals surface area contributed by atoms with Crippen molar-refractivity contribution in [3.8, 4) is 5.75 Å². The lowest BCUT2D eigenvalue weighted by Gasteiger charge is -2.16. The van der Waals surface area contributed by atoms with Crippen molar-refractivity contribution >= 4 is 40.7 Å². The van der Waals surface area contributed by atoms with Gasteiger partial charge in [0.2, 0.25) is 0 Å². The van der Waals surface area contributed by atoms with Crippen molar-refractivity contribution < 1.29 is 19.4 Å². The Labute approximate surface area is 143 Å². The minimum Gasteiger partial charge on any atom is -0.489 e. The minimum atomic E-state index is -0.529. The molecule has 0 radical (unpaired) electrons. The lowest BCUT2D eigenvalue weighted by atomic mass is 10.2. The van der Waals surface area contributed by atoms with Crippen molar-refractivity contribution in [3.05, 3.63) is 34.0 Å². The van der Waals surface area contributed by atoms with Crippen LogP contribution in [0.2, 0.25) is 10.0 Å². The summed E-state index contributed by atoms with van der Waals surface area (Å²) in [6, 6.07) is 3.06. The van der Waals surface area contributed by atoms with E-state index in [4.69, 9.17) is 33.0 Å². The van der Waals surface area contributed by atoms with E-state index < -0.39 is 11.8 Å². The van der Waals surface area contributed by atoms with E-state index in [0.29, 0.717) is 21.5 Å². The number of ether oxygens (including phenoxy) is 1. The molecule has 2 rings (SSSR count). The Balaban J connectivity index is 2.21. The Hall–Kier alpha value is -1.76. The molecule has 1 aromatic carbocycles. The monoisotopic (exact) mass is 358 g/mol.